The molecule has 0 aromatic carbocycles. The minimum atomic E-state index is -4.05. The van der Waals surface area contributed by atoms with Gasteiger partial charge in [0.25, 0.3) is 0 Å². The third-order valence-electron chi connectivity index (χ3n) is 2.06. The van der Waals surface area contributed by atoms with Crippen molar-refractivity contribution in [3.8, 4) is 0 Å². The molecule has 0 saturated carbocycles. The second-order valence-electron chi connectivity index (χ2n) is 3.93. The second-order valence-corrected chi connectivity index (χ2v) is 3.93. The molecule has 0 radical (unpaired) electrons. The predicted molar refractivity (Wildman–Crippen MR) is 42.4 cm³/mol. The molecule has 0 atom stereocenters. The molecule has 0 spiro atoms. The van der Waals surface area contributed by atoms with Gasteiger partial charge >= 0.3 is 6.18 Å². The van der Waals surface area contributed by atoms with E-state index in [2.05, 4.69) is 0 Å². The van der Waals surface area contributed by atoms with Crippen LogP contribution < -0.4 is 0 Å². The zero-order valence-corrected chi connectivity index (χ0v) is 7.56. The number of hydrogen-bond donors (Lipinski definition) is 1. The van der Waals surface area contributed by atoms with Crippen LogP contribution in [0.1, 0.15) is 19.8 Å². The molecule has 0 aliphatic carbocycles. The number of β-amino-alcohol motifs (C(OH)–C–C–N with tert-alkyl or cyclic N) is 1. The lowest BCUT2D eigenvalue weighted by Gasteiger charge is -2.44. The van der Waals surface area contributed by atoms with Gasteiger partial charge in [-0.1, -0.05) is 0 Å². The van der Waals surface area contributed by atoms with Crippen LogP contribution in [0.3, 0.4) is 0 Å². The first-order valence-corrected chi connectivity index (χ1v) is 4.30. The van der Waals surface area contributed by atoms with Crippen molar-refractivity contribution in [1.82, 2.24) is 4.90 Å². The predicted octanol–water partition coefficient (Wildman–Crippen LogP) is 1.40. The first-order valence-electron chi connectivity index (χ1n) is 4.30. The van der Waals surface area contributed by atoms with E-state index in [4.69, 9.17) is 0 Å². The Kier molecular flexibility index (Phi) is 2.87. The van der Waals surface area contributed by atoms with Crippen LogP contribution in [0.15, 0.2) is 0 Å². The lowest BCUT2D eigenvalue weighted by atomic mass is 9.97. The smallest absolute Gasteiger partial charge is 0.388 e. The van der Waals surface area contributed by atoms with Crippen LogP contribution >= 0.6 is 0 Å². The molecule has 0 aromatic heterocycles. The van der Waals surface area contributed by atoms with Gasteiger partial charge in [0.05, 0.1) is 5.60 Å². The molecule has 1 aliphatic rings. The van der Waals surface area contributed by atoms with E-state index in [-0.39, 0.29) is 6.42 Å². The van der Waals surface area contributed by atoms with Gasteiger partial charge in [-0.25, -0.2) is 0 Å². The van der Waals surface area contributed by atoms with E-state index in [0.717, 1.165) is 0 Å². The Morgan fingerprint density at radius 1 is 1.38 bits per heavy atom. The minimum Gasteiger partial charge on any atom is -0.388 e. The fourth-order valence-electron chi connectivity index (χ4n) is 1.58. The summed E-state index contributed by atoms with van der Waals surface area (Å²) in [6.45, 7) is 3.10. The van der Waals surface area contributed by atoms with Gasteiger partial charge < -0.3 is 5.11 Å². The van der Waals surface area contributed by atoms with Gasteiger partial charge in [-0.15, -0.1) is 0 Å². The highest BCUT2D eigenvalue weighted by Crippen LogP contribution is 2.24. The maximum absolute atomic E-state index is 11.7. The Bertz CT molecular complexity index is 171. The molecule has 1 saturated heterocycles. The topological polar surface area (TPSA) is 23.5 Å². The summed E-state index contributed by atoms with van der Waals surface area (Å²) in [5.74, 6) is 0. The first kappa shape index (κ1) is 10.8. The SMILES string of the molecule is CC1(O)CN(CCCC(F)(F)F)C1. The van der Waals surface area contributed by atoms with Crippen LogP contribution in [0.5, 0.6) is 0 Å². The Morgan fingerprint density at radius 3 is 2.31 bits per heavy atom. The summed E-state index contributed by atoms with van der Waals surface area (Å²) < 4.78 is 35.1. The minimum absolute atomic E-state index is 0.125. The second kappa shape index (κ2) is 3.46. The van der Waals surface area contributed by atoms with Crippen molar-refractivity contribution < 1.29 is 18.3 Å². The van der Waals surface area contributed by atoms with E-state index in [1.54, 1.807) is 6.92 Å². The molecule has 1 rings (SSSR count). The first-order chi connectivity index (χ1) is 5.79. The fraction of sp³-hybridized carbons (Fsp3) is 1.00. The van der Waals surface area contributed by atoms with E-state index in [1.807, 2.05) is 4.90 Å². The van der Waals surface area contributed by atoms with Gasteiger partial charge in [0.2, 0.25) is 0 Å². The van der Waals surface area contributed by atoms with Gasteiger partial charge in [0, 0.05) is 19.5 Å². The maximum atomic E-state index is 11.7. The summed E-state index contributed by atoms with van der Waals surface area (Å²) in [7, 11) is 0. The van der Waals surface area contributed by atoms with Crippen molar-refractivity contribution >= 4 is 0 Å². The molecule has 2 nitrogen and oxygen atoms in total. The monoisotopic (exact) mass is 197 g/mol. The van der Waals surface area contributed by atoms with Crippen molar-refractivity contribution in [2.75, 3.05) is 19.6 Å². The molecule has 1 N–H and O–H groups in total. The number of halogens is 3. The van der Waals surface area contributed by atoms with Crippen molar-refractivity contribution in [2.24, 2.45) is 0 Å². The highest BCUT2D eigenvalue weighted by molar-refractivity contribution is 4.91. The number of likely N-dealkylation sites (tertiary alicyclic amines) is 1. The third kappa shape index (κ3) is 3.95. The number of aliphatic hydroxyl groups is 1. The molecule has 0 aromatic rings. The molecule has 78 valence electrons. The number of rotatable bonds is 3. The van der Waals surface area contributed by atoms with Crippen molar-refractivity contribution in [3.63, 3.8) is 0 Å². The Balaban J connectivity index is 2.03. The number of nitrogens with zero attached hydrogens (tertiary/aromatic N) is 1. The Hall–Kier alpha value is -0.290. The quantitative estimate of drug-likeness (QED) is 0.739. The van der Waals surface area contributed by atoms with E-state index in [9.17, 15) is 18.3 Å². The molecule has 5 heteroatoms. The van der Waals surface area contributed by atoms with Crippen molar-refractivity contribution in [1.29, 1.82) is 0 Å². The average Bonchev–Trinajstić information content (AvgIpc) is 1.79. The Morgan fingerprint density at radius 2 is 1.92 bits per heavy atom. The summed E-state index contributed by atoms with van der Waals surface area (Å²) in [5.41, 5.74) is -0.682. The largest absolute Gasteiger partial charge is 0.389 e. The molecule has 1 heterocycles. The number of hydrogen-bond acceptors (Lipinski definition) is 2. The third-order valence-corrected chi connectivity index (χ3v) is 2.06. The van der Waals surface area contributed by atoms with Crippen LogP contribution in [0, 0.1) is 0 Å². The van der Waals surface area contributed by atoms with Crippen molar-refractivity contribution in [2.45, 2.75) is 31.5 Å². The van der Waals surface area contributed by atoms with Gasteiger partial charge in [0.15, 0.2) is 0 Å². The van der Waals surface area contributed by atoms with Gasteiger partial charge in [0.1, 0.15) is 0 Å². The summed E-state index contributed by atoms with van der Waals surface area (Å²) in [6.07, 6.45) is -4.65. The van der Waals surface area contributed by atoms with Crippen LogP contribution in [0.25, 0.3) is 0 Å². The van der Waals surface area contributed by atoms with E-state index in [1.165, 1.54) is 0 Å². The number of alkyl halides is 3. The van der Waals surface area contributed by atoms with Crippen molar-refractivity contribution in [3.05, 3.63) is 0 Å². The normalized spacial score (nSPS) is 22.8. The standard InChI is InChI=1S/C8H14F3NO/c1-7(13)5-12(6-7)4-2-3-8(9,10)11/h13H,2-6H2,1H3. The van der Waals surface area contributed by atoms with Crippen LogP contribution in [-0.2, 0) is 0 Å². The summed E-state index contributed by atoms with van der Waals surface area (Å²) in [6, 6.07) is 0. The molecule has 1 aliphatic heterocycles. The Labute approximate surface area is 75.3 Å². The molecule has 0 amide bonds. The van der Waals surface area contributed by atoms with E-state index in [0.29, 0.717) is 19.6 Å². The summed E-state index contributed by atoms with van der Waals surface area (Å²) in [4.78, 5) is 1.83. The molecular weight excluding hydrogens is 183 g/mol. The lowest BCUT2D eigenvalue weighted by Crippen LogP contribution is -2.59. The molecule has 0 bridgehead atoms. The molecular formula is C8H14F3NO. The molecule has 0 unspecified atom stereocenters. The van der Waals surface area contributed by atoms with Crippen LogP contribution in [0.2, 0.25) is 0 Å². The van der Waals surface area contributed by atoms with E-state index < -0.39 is 18.2 Å². The molecule has 1 fully saturated rings. The van der Waals surface area contributed by atoms with Crippen LogP contribution in [-0.4, -0.2) is 41.4 Å². The van der Waals surface area contributed by atoms with Crippen LogP contribution in [0.4, 0.5) is 13.2 Å². The molecule has 13 heavy (non-hydrogen) atoms. The maximum Gasteiger partial charge on any atom is 0.389 e. The average molecular weight is 197 g/mol. The fourth-order valence-corrected chi connectivity index (χ4v) is 1.58. The zero-order valence-electron chi connectivity index (χ0n) is 7.56. The van der Waals surface area contributed by atoms with Gasteiger partial charge in [-0.05, 0) is 19.9 Å². The highest BCUT2D eigenvalue weighted by atomic mass is 19.4. The highest BCUT2D eigenvalue weighted by Gasteiger charge is 2.36. The summed E-state index contributed by atoms with van der Waals surface area (Å²) in [5, 5.41) is 9.28. The van der Waals surface area contributed by atoms with E-state index >= 15 is 0 Å². The lowest BCUT2D eigenvalue weighted by molar-refractivity contribution is -0.139. The zero-order chi connectivity index (χ0) is 10.1. The summed E-state index contributed by atoms with van der Waals surface area (Å²) >= 11 is 0. The van der Waals surface area contributed by atoms with Gasteiger partial charge in [-0.2, -0.15) is 13.2 Å². The van der Waals surface area contributed by atoms with Gasteiger partial charge in [-0.3, -0.25) is 4.90 Å².